The number of benzene rings is 2. The van der Waals surface area contributed by atoms with Crippen LogP contribution in [0.25, 0.3) is 0 Å². The van der Waals surface area contributed by atoms with E-state index >= 15 is 0 Å². The highest BCUT2D eigenvalue weighted by molar-refractivity contribution is 5.46. The Morgan fingerprint density at radius 2 is 1.37 bits per heavy atom. The lowest BCUT2D eigenvalue weighted by Crippen LogP contribution is -2.01. The Labute approximate surface area is 113 Å². The van der Waals surface area contributed by atoms with E-state index in [1.165, 1.54) is 0 Å². The van der Waals surface area contributed by atoms with Crippen LogP contribution >= 0.6 is 0 Å². The van der Waals surface area contributed by atoms with Gasteiger partial charge in [-0.25, -0.2) is 0 Å². The Morgan fingerprint density at radius 1 is 0.789 bits per heavy atom. The molecule has 3 rings (SSSR count). The van der Waals surface area contributed by atoms with Crippen molar-refractivity contribution in [1.29, 1.82) is 5.26 Å². The summed E-state index contributed by atoms with van der Waals surface area (Å²) in [6, 6.07) is 20.4. The number of nitriles is 1. The lowest BCUT2D eigenvalue weighted by Gasteiger charge is -2.04. The van der Waals surface area contributed by atoms with Crippen LogP contribution in [0.3, 0.4) is 0 Å². The first-order valence-electron chi connectivity index (χ1n) is 6.41. The average Bonchev–Trinajstić information content (AvgIpc) is 3.28. The van der Waals surface area contributed by atoms with Gasteiger partial charge >= 0.3 is 0 Å². The summed E-state index contributed by atoms with van der Waals surface area (Å²) in [5.74, 6) is 6.28. The Bertz CT molecular complexity index is 674. The van der Waals surface area contributed by atoms with Crippen molar-refractivity contribution < 1.29 is 0 Å². The van der Waals surface area contributed by atoms with E-state index in [9.17, 15) is 0 Å². The molecule has 0 spiro atoms. The summed E-state index contributed by atoms with van der Waals surface area (Å²) in [5, 5.41) is 9.15. The number of rotatable bonds is 1. The van der Waals surface area contributed by atoms with E-state index in [0.29, 0.717) is 0 Å². The predicted octanol–water partition coefficient (Wildman–Crippen LogP) is 3.64. The zero-order valence-electron chi connectivity index (χ0n) is 10.6. The van der Waals surface area contributed by atoms with Crippen molar-refractivity contribution in [3.8, 4) is 17.9 Å². The first-order valence-corrected chi connectivity index (χ1v) is 6.41. The minimum atomic E-state index is -0.203. The molecular weight excluding hydrogens is 230 g/mol. The van der Waals surface area contributed by atoms with E-state index in [0.717, 1.165) is 29.5 Å². The topological polar surface area (TPSA) is 23.8 Å². The van der Waals surface area contributed by atoms with Crippen molar-refractivity contribution in [2.75, 3.05) is 0 Å². The molecule has 0 bridgehead atoms. The number of hydrogen-bond acceptors (Lipinski definition) is 1. The Hall–Kier alpha value is -2.51. The molecule has 0 N–H and O–H groups in total. The van der Waals surface area contributed by atoms with Gasteiger partial charge < -0.3 is 0 Å². The molecule has 19 heavy (non-hydrogen) atoms. The third-order valence-corrected chi connectivity index (χ3v) is 3.53. The lowest BCUT2D eigenvalue weighted by atomic mass is 9.97. The van der Waals surface area contributed by atoms with Gasteiger partial charge in [0.2, 0.25) is 0 Å². The molecule has 0 radical (unpaired) electrons. The fourth-order valence-corrected chi connectivity index (χ4v) is 2.13. The van der Waals surface area contributed by atoms with Gasteiger partial charge in [-0.1, -0.05) is 42.2 Å². The molecule has 2 aromatic carbocycles. The van der Waals surface area contributed by atoms with Gasteiger partial charge in [-0.15, -0.1) is 0 Å². The number of hydrogen-bond donors (Lipinski definition) is 0. The van der Waals surface area contributed by atoms with Gasteiger partial charge in [0.15, 0.2) is 0 Å². The largest absolute Gasteiger partial charge is 0.197 e. The maximum atomic E-state index is 9.15. The van der Waals surface area contributed by atoms with E-state index in [2.05, 4.69) is 17.9 Å². The van der Waals surface area contributed by atoms with Crippen molar-refractivity contribution in [3.63, 3.8) is 0 Å². The highest BCUT2D eigenvalue weighted by Gasteiger charge is 2.44. The molecule has 90 valence electrons. The maximum Gasteiger partial charge on any atom is 0.0823 e. The second-order valence-corrected chi connectivity index (χ2v) is 4.89. The molecule has 1 heteroatoms. The molecule has 1 nitrogen and oxygen atoms in total. The Balaban J connectivity index is 1.81. The first-order chi connectivity index (χ1) is 9.32. The summed E-state index contributed by atoms with van der Waals surface area (Å²) in [7, 11) is 0. The third kappa shape index (κ3) is 2.37. The van der Waals surface area contributed by atoms with Crippen LogP contribution in [0.15, 0.2) is 54.6 Å². The van der Waals surface area contributed by atoms with Crippen LogP contribution in [0.4, 0.5) is 0 Å². The fraction of sp³-hybridized carbons (Fsp3) is 0.167. The molecule has 1 fully saturated rings. The van der Waals surface area contributed by atoms with Crippen molar-refractivity contribution >= 4 is 0 Å². The fourth-order valence-electron chi connectivity index (χ4n) is 2.13. The molecule has 0 heterocycles. The molecule has 0 unspecified atom stereocenters. The summed E-state index contributed by atoms with van der Waals surface area (Å²) in [5.41, 5.74) is 2.93. The molecule has 1 saturated carbocycles. The van der Waals surface area contributed by atoms with Gasteiger partial charge in [0.05, 0.1) is 11.5 Å². The summed E-state index contributed by atoms with van der Waals surface area (Å²) in [6.07, 6.45) is 1.97. The second kappa shape index (κ2) is 4.63. The van der Waals surface area contributed by atoms with Crippen molar-refractivity contribution in [2.45, 2.75) is 18.3 Å². The molecule has 1 aliphatic rings. The highest BCUT2D eigenvalue weighted by Crippen LogP contribution is 2.47. The minimum Gasteiger partial charge on any atom is -0.197 e. The predicted molar refractivity (Wildman–Crippen MR) is 75.4 cm³/mol. The smallest absolute Gasteiger partial charge is 0.0823 e. The normalized spacial score (nSPS) is 14.9. The molecule has 0 aromatic heterocycles. The third-order valence-electron chi connectivity index (χ3n) is 3.53. The SMILES string of the molecule is N#CC1(c2ccc(C#Cc3ccccc3)cc2)CC1. The van der Waals surface area contributed by atoms with Gasteiger partial charge in [0, 0.05) is 11.1 Å². The molecule has 1 aliphatic carbocycles. The van der Waals surface area contributed by atoms with Gasteiger partial charge in [0.1, 0.15) is 0 Å². The van der Waals surface area contributed by atoms with Crippen LogP contribution in [0.5, 0.6) is 0 Å². The van der Waals surface area contributed by atoms with Crippen molar-refractivity contribution in [2.24, 2.45) is 0 Å². The van der Waals surface area contributed by atoms with E-state index in [1.54, 1.807) is 0 Å². The zero-order valence-corrected chi connectivity index (χ0v) is 10.6. The van der Waals surface area contributed by atoms with E-state index in [-0.39, 0.29) is 5.41 Å². The Morgan fingerprint density at radius 3 is 1.89 bits per heavy atom. The molecule has 0 amide bonds. The van der Waals surface area contributed by atoms with Gasteiger partial charge in [-0.2, -0.15) is 5.26 Å². The van der Waals surface area contributed by atoms with Gasteiger partial charge in [0.25, 0.3) is 0 Å². The molecule has 0 atom stereocenters. The monoisotopic (exact) mass is 243 g/mol. The first kappa shape index (κ1) is 11.6. The summed E-state index contributed by atoms with van der Waals surface area (Å²) in [6.45, 7) is 0. The highest BCUT2D eigenvalue weighted by atomic mass is 14.5. The summed E-state index contributed by atoms with van der Waals surface area (Å²) in [4.78, 5) is 0. The summed E-state index contributed by atoms with van der Waals surface area (Å²) >= 11 is 0. The van der Waals surface area contributed by atoms with Gasteiger partial charge in [-0.3, -0.25) is 0 Å². The van der Waals surface area contributed by atoms with Crippen LogP contribution in [-0.4, -0.2) is 0 Å². The molecule has 0 saturated heterocycles. The van der Waals surface area contributed by atoms with Crippen LogP contribution in [0.2, 0.25) is 0 Å². The average molecular weight is 243 g/mol. The molecule has 2 aromatic rings. The van der Waals surface area contributed by atoms with Crippen molar-refractivity contribution in [3.05, 3.63) is 71.3 Å². The number of nitrogens with zero attached hydrogens (tertiary/aromatic N) is 1. The van der Waals surface area contributed by atoms with Crippen LogP contribution < -0.4 is 0 Å². The lowest BCUT2D eigenvalue weighted by molar-refractivity contribution is 0.908. The van der Waals surface area contributed by atoms with E-state index in [4.69, 9.17) is 5.26 Å². The van der Waals surface area contributed by atoms with Crippen LogP contribution in [0, 0.1) is 23.2 Å². The minimum absolute atomic E-state index is 0.203. The van der Waals surface area contributed by atoms with E-state index < -0.39 is 0 Å². The van der Waals surface area contributed by atoms with Gasteiger partial charge in [-0.05, 0) is 42.7 Å². The maximum absolute atomic E-state index is 9.15. The molecule has 0 aliphatic heterocycles. The van der Waals surface area contributed by atoms with Crippen molar-refractivity contribution in [1.82, 2.24) is 0 Å². The zero-order chi connectivity index (χ0) is 13.1. The molecular formula is C18H13N. The quantitative estimate of drug-likeness (QED) is 0.701. The van der Waals surface area contributed by atoms with Crippen LogP contribution in [-0.2, 0) is 5.41 Å². The second-order valence-electron chi connectivity index (χ2n) is 4.89. The Kier molecular flexibility index (Phi) is 2.82. The summed E-state index contributed by atoms with van der Waals surface area (Å²) < 4.78 is 0. The van der Waals surface area contributed by atoms with Crippen LogP contribution in [0.1, 0.15) is 29.5 Å². The standard InChI is InChI=1S/C18H13N/c19-14-18(12-13-18)17-10-8-16(9-11-17)7-6-15-4-2-1-3-5-15/h1-5,8-11H,12-13H2. The van der Waals surface area contributed by atoms with E-state index in [1.807, 2.05) is 54.6 Å².